The van der Waals surface area contributed by atoms with E-state index in [1.165, 1.54) is 0 Å². The summed E-state index contributed by atoms with van der Waals surface area (Å²) in [6, 6.07) is 9.62. The largest absolute Gasteiger partial charge is 0.369 e. The van der Waals surface area contributed by atoms with Gasteiger partial charge in [0.2, 0.25) is 0 Å². The van der Waals surface area contributed by atoms with E-state index >= 15 is 0 Å². The number of benzene rings is 1. The number of aromatic nitrogens is 2. The van der Waals surface area contributed by atoms with Crippen molar-refractivity contribution in [1.29, 1.82) is 0 Å². The minimum absolute atomic E-state index is 0.127. The van der Waals surface area contributed by atoms with Gasteiger partial charge in [-0.1, -0.05) is 12.1 Å². The number of alkyl halides is 2. The molecule has 1 aromatic carbocycles. The first-order chi connectivity index (χ1) is 11.7. The zero-order valence-corrected chi connectivity index (χ0v) is 13.5. The lowest BCUT2D eigenvalue weighted by Crippen LogP contribution is -2.46. The van der Waals surface area contributed by atoms with Crippen molar-refractivity contribution >= 4 is 28.1 Å². The molecule has 0 aliphatic carbocycles. The number of thiophene rings is 1. The molecule has 1 aliphatic heterocycles. The first-order valence-corrected chi connectivity index (χ1v) is 8.61. The van der Waals surface area contributed by atoms with Crippen LogP contribution < -0.4 is 4.90 Å². The van der Waals surface area contributed by atoms with Gasteiger partial charge in [0.05, 0.1) is 18.7 Å². The van der Waals surface area contributed by atoms with Gasteiger partial charge in [-0.15, -0.1) is 0 Å². The van der Waals surface area contributed by atoms with Crippen molar-refractivity contribution in [2.24, 2.45) is 0 Å². The molecule has 1 atom stereocenters. The second kappa shape index (κ2) is 6.41. The van der Waals surface area contributed by atoms with Gasteiger partial charge in [0.15, 0.2) is 5.82 Å². The van der Waals surface area contributed by atoms with Gasteiger partial charge in [-0.05, 0) is 23.6 Å². The molecule has 1 unspecified atom stereocenters. The predicted molar refractivity (Wildman–Crippen MR) is 90.8 cm³/mol. The third-order valence-corrected chi connectivity index (χ3v) is 4.72. The lowest BCUT2D eigenvalue weighted by Gasteiger charge is -2.34. The number of nitrogens with zero attached hydrogens (tertiary/aromatic N) is 3. The average molecular weight is 347 g/mol. The molecule has 1 fully saturated rings. The molecule has 0 radical (unpaired) electrons. The predicted octanol–water partition coefficient (Wildman–Crippen LogP) is 3.83. The highest BCUT2D eigenvalue weighted by Crippen LogP contribution is 2.30. The fraction of sp³-hybridized carbons (Fsp3) is 0.294. The summed E-state index contributed by atoms with van der Waals surface area (Å²) in [7, 11) is 0. The molecule has 1 saturated heterocycles. The standard InChI is InChI=1S/C17H15F2N3OS/c18-15(19)14-9-22(6-7-23-14)17-12-3-1-2-4-13(12)20-16(21-17)11-5-8-24-10-11/h1-5,8,10,14-15H,6-7,9H2. The Bertz CT molecular complexity index is 841. The molecule has 4 nitrogen and oxygen atoms in total. The summed E-state index contributed by atoms with van der Waals surface area (Å²) >= 11 is 1.57. The first kappa shape index (κ1) is 15.4. The van der Waals surface area contributed by atoms with Gasteiger partial charge in [0.25, 0.3) is 6.43 Å². The summed E-state index contributed by atoms with van der Waals surface area (Å²) < 4.78 is 31.3. The number of rotatable bonds is 3. The molecule has 2 aromatic heterocycles. The molecular weight excluding hydrogens is 332 g/mol. The maximum Gasteiger partial charge on any atom is 0.266 e. The van der Waals surface area contributed by atoms with Crippen LogP contribution in [0.25, 0.3) is 22.3 Å². The van der Waals surface area contributed by atoms with Crippen molar-refractivity contribution in [2.75, 3.05) is 24.6 Å². The summed E-state index contributed by atoms with van der Waals surface area (Å²) in [5.41, 5.74) is 1.74. The van der Waals surface area contributed by atoms with Gasteiger partial charge in [-0.25, -0.2) is 18.7 Å². The highest BCUT2D eigenvalue weighted by Gasteiger charge is 2.29. The number of morpholine rings is 1. The van der Waals surface area contributed by atoms with E-state index < -0.39 is 12.5 Å². The lowest BCUT2D eigenvalue weighted by molar-refractivity contribution is -0.0615. The lowest BCUT2D eigenvalue weighted by atomic mass is 10.2. The molecule has 0 spiro atoms. The Hall–Kier alpha value is -2.12. The number of para-hydroxylation sites is 1. The van der Waals surface area contributed by atoms with Crippen LogP contribution in [0.3, 0.4) is 0 Å². The van der Waals surface area contributed by atoms with Crippen molar-refractivity contribution in [2.45, 2.75) is 12.5 Å². The minimum Gasteiger partial charge on any atom is -0.369 e. The Morgan fingerprint density at radius 2 is 2.08 bits per heavy atom. The van der Waals surface area contributed by atoms with Crippen LogP contribution in [0.5, 0.6) is 0 Å². The van der Waals surface area contributed by atoms with E-state index in [2.05, 4.69) is 9.97 Å². The summed E-state index contributed by atoms with van der Waals surface area (Å²) in [6.45, 7) is 0.927. The molecule has 124 valence electrons. The van der Waals surface area contributed by atoms with Crippen molar-refractivity contribution in [3.8, 4) is 11.4 Å². The second-order valence-electron chi connectivity index (χ2n) is 5.59. The van der Waals surface area contributed by atoms with Crippen molar-refractivity contribution in [3.63, 3.8) is 0 Å². The third-order valence-electron chi connectivity index (χ3n) is 4.04. The van der Waals surface area contributed by atoms with E-state index in [0.717, 1.165) is 16.5 Å². The van der Waals surface area contributed by atoms with E-state index in [-0.39, 0.29) is 13.2 Å². The zero-order valence-electron chi connectivity index (χ0n) is 12.7. The monoisotopic (exact) mass is 347 g/mol. The molecule has 0 bridgehead atoms. The van der Waals surface area contributed by atoms with Crippen LogP contribution in [0.1, 0.15) is 0 Å². The van der Waals surface area contributed by atoms with Gasteiger partial charge in [0.1, 0.15) is 11.9 Å². The van der Waals surface area contributed by atoms with Crippen LogP contribution in [0.15, 0.2) is 41.1 Å². The SMILES string of the molecule is FC(F)C1CN(c2nc(-c3ccsc3)nc3ccccc23)CCO1. The maximum absolute atomic E-state index is 13.0. The van der Waals surface area contributed by atoms with E-state index in [4.69, 9.17) is 4.74 Å². The molecular formula is C17H15F2N3OS. The smallest absolute Gasteiger partial charge is 0.266 e. The first-order valence-electron chi connectivity index (χ1n) is 7.66. The highest BCUT2D eigenvalue weighted by molar-refractivity contribution is 7.08. The van der Waals surface area contributed by atoms with Gasteiger partial charge >= 0.3 is 0 Å². The van der Waals surface area contributed by atoms with E-state index in [0.29, 0.717) is 18.2 Å². The molecule has 1 aliphatic rings. The Balaban J connectivity index is 1.81. The molecule has 0 amide bonds. The van der Waals surface area contributed by atoms with Crippen LogP contribution in [0.4, 0.5) is 14.6 Å². The summed E-state index contributed by atoms with van der Waals surface area (Å²) in [5.74, 6) is 1.31. The third kappa shape index (κ3) is 2.85. The molecule has 0 saturated carbocycles. The Morgan fingerprint density at radius 3 is 2.88 bits per heavy atom. The number of hydrogen-bond acceptors (Lipinski definition) is 5. The number of hydrogen-bond donors (Lipinski definition) is 0. The van der Waals surface area contributed by atoms with Gasteiger partial charge in [0, 0.05) is 22.9 Å². The van der Waals surface area contributed by atoms with Crippen LogP contribution in [-0.2, 0) is 4.74 Å². The molecule has 0 N–H and O–H groups in total. The van der Waals surface area contributed by atoms with Gasteiger partial charge < -0.3 is 9.64 Å². The highest BCUT2D eigenvalue weighted by atomic mass is 32.1. The summed E-state index contributed by atoms with van der Waals surface area (Å²) in [5, 5.41) is 4.82. The van der Waals surface area contributed by atoms with Crippen molar-refractivity contribution in [3.05, 3.63) is 41.1 Å². The van der Waals surface area contributed by atoms with E-state index in [1.54, 1.807) is 11.3 Å². The van der Waals surface area contributed by atoms with Crippen molar-refractivity contribution < 1.29 is 13.5 Å². The fourth-order valence-corrected chi connectivity index (χ4v) is 3.48. The van der Waals surface area contributed by atoms with Gasteiger partial charge in [-0.3, -0.25) is 0 Å². The molecule has 7 heteroatoms. The molecule has 4 rings (SSSR count). The maximum atomic E-state index is 13.0. The number of anilines is 1. The molecule has 3 heterocycles. The van der Waals surface area contributed by atoms with Crippen LogP contribution in [0.2, 0.25) is 0 Å². The Morgan fingerprint density at radius 1 is 1.21 bits per heavy atom. The van der Waals surface area contributed by atoms with Gasteiger partial charge in [-0.2, -0.15) is 11.3 Å². The number of halogens is 2. The number of ether oxygens (including phenoxy) is 1. The number of fused-ring (bicyclic) bond motifs is 1. The summed E-state index contributed by atoms with van der Waals surface area (Å²) in [6.07, 6.45) is -3.59. The normalized spacial score (nSPS) is 18.5. The fourth-order valence-electron chi connectivity index (χ4n) is 2.84. The average Bonchev–Trinajstić information content (AvgIpc) is 3.15. The van der Waals surface area contributed by atoms with E-state index in [9.17, 15) is 8.78 Å². The zero-order chi connectivity index (χ0) is 16.5. The van der Waals surface area contributed by atoms with Crippen molar-refractivity contribution in [1.82, 2.24) is 9.97 Å². The molecule has 24 heavy (non-hydrogen) atoms. The summed E-state index contributed by atoms with van der Waals surface area (Å²) in [4.78, 5) is 11.2. The minimum atomic E-state index is -2.50. The quantitative estimate of drug-likeness (QED) is 0.722. The van der Waals surface area contributed by atoms with Crippen LogP contribution in [0, 0.1) is 0 Å². The van der Waals surface area contributed by atoms with E-state index in [1.807, 2.05) is 46.0 Å². The topological polar surface area (TPSA) is 38.2 Å². The van der Waals surface area contributed by atoms with Crippen LogP contribution in [-0.4, -0.2) is 42.2 Å². The Labute approximate surface area is 141 Å². The second-order valence-corrected chi connectivity index (χ2v) is 6.37. The van der Waals surface area contributed by atoms with Crippen LogP contribution >= 0.6 is 11.3 Å². The molecule has 3 aromatic rings. The Kier molecular flexibility index (Phi) is 4.12.